The molecule has 1 atom stereocenters. The topological polar surface area (TPSA) is 35.2 Å². The zero-order valence-corrected chi connectivity index (χ0v) is 9.62. The van der Waals surface area contributed by atoms with E-state index < -0.39 is 0 Å². The van der Waals surface area contributed by atoms with Gasteiger partial charge in [-0.25, -0.2) is 0 Å². The molecule has 0 radical (unpaired) electrons. The summed E-state index contributed by atoms with van der Waals surface area (Å²) in [5.41, 5.74) is 6.98. The quantitative estimate of drug-likeness (QED) is 0.830. The fourth-order valence-corrected chi connectivity index (χ4v) is 3.26. The fourth-order valence-electron chi connectivity index (χ4n) is 1.87. The molecular weight excluding hydrogens is 194 g/mol. The zero-order valence-electron chi connectivity index (χ0n) is 8.80. The molecule has 2 rings (SSSR count). The van der Waals surface area contributed by atoms with E-state index >= 15 is 0 Å². The maximum Gasteiger partial charge on any atom is 0.111 e. The minimum absolute atomic E-state index is 0.283. The standard InChI is InChI=1S/C11H17NOS/c1-11(7-12,13-2)10-6-8-4-3-5-9(8)14-10/h6H,3-5,7,12H2,1-2H3. The fraction of sp³-hybridized carbons (Fsp3) is 0.636. The highest BCUT2D eigenvalue weighted by atomic mass is 32.1. The molecule has 3 heteroatoms. The van der Waals surface area contributed by atoms with Crippen LogP contribution in [0, 0.1) is 0 Å². The van der Waals surface area contributed by atoms with Crippen molar-refractivity contribution in [3.05, 3.63) is 21.4 Å². The number of methoxy groups -OCH3 is 1. The number of thiophene rings is 1. The molecule has 0 saturated carbocycles. The predicted octanol–water partition coefficient (Wildman–Crippen LogP) is 2.06. The molecule has 1 unspecified atom stereocenters. The Morgan fingerprint density at radius 1 is 1.57 bits per heavy atom. The summed E-state index contributed by atoms with van der Waals surface area (Å²) in [7, 11) is 1.73. The van der Waals surface area contributed by atoms with Gasteiger partial charge in [-0.1, -0.05) is 0 Å². The third kappa shape index (κ3) is 1.49. The van der Waals surface area contributed by atoms with Crippen LogP contribution in [0.2, 0.25) is 0 Å². The normalized spacial score (nSPS) is 19.4. The molecule has 14 heavy (non-hydrogen) atoms. The first-order valence-electron chi connectivity index (χ1n) is 5.07. The average Bonchev–Trinajstić information content (AvgIpc) is 2.76. The van der Waals surface area contributed by atoms with Crippen molar-refractivity contribution in [2.24, 2.45) is 5.73 Å². The Labute approximate surface area is 89.1 Å². The molecule has 0 aromatic carbocycles. The average molecular weight is 211 g/mol. The van der Waals surface area contributed by atoms with E-state index in [2.05, 4.69) is 13.0 Å². The third-order valence-electron chi connectivity index (χ3n) is 3.11. The van der Waals surface area contributed by atoms with Gasteiger partial charge in [0.25, 0.3) is 0 Å². The lowest BCUT2D eigenvalue weighted by atomic mass is 10.0. The summed E-state index contributed by atoms with van der Waals surface area (Å²) >= 11 is 1.87. The van der Waals surface area contributed by atoms with Crippen LogP contribution in [0.15, 0.2) is 6.07 Å². The van der Waals surface area contributed by atoms with E-state index in [9.17, 15) is 0 Å². The highest BCUT2D eigenvalue weighted by molar-refractivity contribution is 7.12. The van der Waals surface area contributed by atoms with Gasteiger partial charge in [0.15, 0.2) is 0 Å². The summed E-state index contributed by atoms with van der Waals surface area (Å²) in [6.07, 6.45) is 3.79. The number of hydrogen-bond acceptors (Lipinski definition) is 3. The summed E-state index contributed by atoms with van der Waals surface area (Å²) in [6, 6.07) is 2.28. The van der Waals surface area contributed by atoms with Crippen molar-refractivity contribution in [2.75, 3.05) is 13.7 Å². The molecule has 1 aliphatic carbocycles. The van der Waals surface area contributed by atoms with E-state index in [0.717, 1.165) is 0 Å². The van der Waals surface area contributed by atoms with Crippen LogP contribution in [-0.2, 0) is 23.2 Å². The lowest BCUT2D eigenvalue weighted by molar-refractivity contribution is 0.0132. The van der Waals surface area contributed by atoms with Gasteiger partial charge in [-0.05, 0) is 37.8 Å². The van der Waals surface area contributed by atoms with Gasteiger partial charge in [-0.2, -0.15) is 0 Å². The molecule has 0 aliphatic heterocycles. The van der Waals surface area contributed by atoms with E-state index in [1.807, 2.05) is 11.3 Å². The van der Waals surface area contributed by atoms with Crippen molar-refractivity contribution in [1.29, 1.82) is 0 Å². The van der Waals surface area contributed by atoms with Gasteiger partial charge in [-0.15, -0.1) is 11.3 Å². The van der Waals surface area contributed by atoms with Crippen molar-refractivity contribution in [3.63, 3.8) is 0 Å². The first-order valence-corrected chi connectivity index (χ1v) is 5.88. The van der Waals surface area contributed by atoms with Crippen molar-refractivity contribution in [1.82, 2.24) is 0 Å². The minimum atomic E-state index is -0.283. The number of ether oxygens (including phenoxy) is 1. The molecule has 0 amide bonds. The van der Waals surface area contributed by atoms with Crippen molar-refractivity contribution < 1.29 is 4.74 Å². The summed E-state index contributed by atoms with van der Waals surface area (Å²) in [4.78, 5) is 2.82. The Kier molecular flexibility index (Phi) is 2.64. The van der Waals surface area contributed by atoms with Crippen LogP contribution in [0.5, 0.6) is 0 Å². The Morgan fingerprint density at radius 2 is 2.36 bits per heavy atom. The molecule has 0 saturated heterocycles. The molecule has 0 fully saturated rings. The van der Waals surface area contributed by atoms with Crippen LogP contribution in [0.3, 0.4) is 0 Å². The number of fused-ring (bicyclic) bond motifs is 1. The Bertz CT molecular complexity index is 307. The van der Waals surface area contributed by atoms with Crippen LogP contribution in [0.4, 0.5) is 0 Å². The van der Waals surface area contributed by atoms with Crippen molar-refractivity contribution in [3.8, 4) is 0 Å². The number of rotatable bonds is 3. The lowest BCUT2D eigenvalue weighted by Crippen LogP contribution is -2.32. The number of nitrogens with two attached hydrogens (primary N) is 1. The Hall–Kier alpha value is -0.380. The second kappa shape index (κ2) is 3.65. The molecule has 1 aliphatic rings. The van der Waals surface area contributed by atoms with E-state index in [0.29, 0.717) is 6.54 Å². The maximum atomic E-state index is 5.75. The molecular formula is C11H17NOS. The molecule has 2 nitrogen and oxygen atoms in total. The van der Waals surface area contributed by atoms with Crippen molar-refractivity contribution in [2.45, 2.75) is 31.8 Å². The number of hydrogen-bond donors (Lipinski definition) is 1. The predicted molar refractivity (Wildman–Crippen MR) is 59.8 cm³/mol. The molecule has 0 bridgehead atoms. The van der Waals surface area contributed by atoms with Gasteiger partial charge in [0.05, 0.1) is 0 Å². The first kappa shape index (κ1) is 10.1. The molecule has 1 heterocycles. The Morgan fingerprint density at radius 3 is 2.93 bits per heavy atom. The van der Waals surface area contributed by atoms with E-state index in [1.54, 1.807) is 7.11 Å². The van der Waals surface area contributed by atoms with Gasteiger partial charge in [0, 0.05) is 23.4 Å². The summed E-state index contributed by atoms with van der Waals surface area (Å²) in [6.45, 7) is 2.61. The lowest BCUT2D eigenvalue weighted by Gasteiger charge is -2.24. The highest BCUT2D eigenvalue weighted by Gasteiger charge is 2.28. The highest BCUT2D eigenvalue weighted by Crippen LogP contribution is 2.37. The van der Waals surface area contributed by atoms with Crippen LogP contribution in [0.25, 0.3) is 0 Å². The van der Waals surface area contributed by atoms with Gasteiger partial charge in [-0.3, -0.25) is 0 Å². The minimum Gasteiger partial charge on any atom is -0.372 e. The van der Waals surface area contributed by atoms with Gasteiger partial charge in [0.1, 0.15) is 5.60 Å². The van der Waals surface area contributed by atoms with E-state index in [4.69, 9.17) is 10.5 Å². The van der Waals surface area contributed by atoms with Gasteiger partial charge < -0.3 is 10.5 Å². The number of aryl methyl sites for hydroxylation is 2. The van der Waals surface area contributed by atoms with Crippen LogP contribution < -0.4 is 5.73 Å². The third-order valence-corrected chi connectivity index (χ3v) is 4.59. The monoisotopic (exact) mass is 211 g/mol. The largest absolute Gasteiger partial charge is 0.372 e. The summed E-state index contributed by atoms with van der Waals surface area (Å²) < 4.78 is 5.50. The summed E-state index contributed by atoms with van der Waals surface area (Å²) in [5.74, 6) is 0. The second-order valence-corrected chi connectivity index (χ2v) is 5.19. The van der Waals surface area contributed by atoms with E-state index in [-0.39, 0.29) is 5.60 Å². The molecule has 0 spiro atoms. The zero-order chi connectivity index (χ0) is 10.2. The van der Waals surface area contributed by atoms with Gasteiger partial charge >= 0.3 is 0 Å². The smallest absolute Gasteiger partial charge is 0.111 e. The van der Waals surface area contributed by atoms with Crippen LogP contribution >= 0.6 is 11.3 Å². The molecule has 1 aromatic rings. The van der Waals surface area contributed by atoms with Gasteiger partial charge in [0.2, 0.25) is 0 Å². The first-order chi connectivity index (χ1) is 6.69. The summed E-state index contributed by atoms with van der Waals surface area (Å²) in [5, 5.41) is 0. The second-order valence-electron chi connectivity index (χ2n) is 4.05. The Balaban J connectivity index is 2.32. The van der Waals surface area contributed by atoms with Crippen LogP contribution in [-0.4, -0.2) is 13.7 Å². The maximum absolute atomic E-state index is 5.75. The molecule has 78 valence electrons. The van der Waals surface area contributed by atoms with E-state index in [1.165, 1.54) is 34.6 Å². The van der Waals surface area contributed by atoms with Crippen LogP contribution in [0.1, 0.15) is 28.7 Å². The SMILES string of the molecule is COC(C)(CN)c1cc2c(s1)CCC2. The van der Waals surface area contributed by atoms with Crippen molar-refractivity contribution >= 4 is 11.3 Å². The molecule has 2 N–H and O–H groups in total. The molecule has 1 aromatic heterocycles.